The van der Waals surface area contributed by atoms with E-state index in [9.17, 15) is 0 Å². The number of methoxy groups -OCH3 is 2. The maximum absolute atomic E-state index is 5.80. The Morgan fingerprint density at radius 3 is 1.80 bits per heavy atom. The smallest absolute Gasteiger partial charge is 0.118 e. The molecular weight excluding hydrogens is 621 g/mol. The van der Waals surface area contributed by atoms with Crippen LogP contribution in [0.5, 0.6) is 11.5 Å². The predicted molar refractivity (Wildman–Crippen MR) is 212 cm³/mol. The van der Waals surface area contributed by atoms with Crippen LogP contribution in [0.25, 0.3) is 5.57 Å². The van der Waals surface area contributed by atoms with Gasteiger partial charge in [0, 0.05) is 22.2 Å². The van der Waals surface area contributed by atoms with E-state index in [1.807, 2.05) is 0 Å². The van der Waals surface area contributed by atoms with Gasteiger partial charge in [0.15, 0.2) is 0 Å². The maximum atomic E-state index is 5.80. The summed E-state index contributed by atoms with van der Waals surface area (Å²) < 4.78 is 11.6. The van der Waals surface area contributed by atoms with Crippen molar-refractivity contribution in [2.24, 2.45) is 38.9 Å². The molecule has 1 saturated carbocycles. The molecule has 51 heavy (non-hydrogen) atoms. The third-order valence-corrected chi connectivity index (χ3v) is 16.4. The molecular formula is C49H56O2. The van der Waals surface area contributed by atoms with Crippen molar-refractivity contribution >= 4 is 5.57 Å². The Morgan fingerprint density at radius 2 is 1.24 bits per heavy atom. The molecule has 3 aromatic carbocycles. The minimum Gasteiger partial charge on any atom is -0.497 e. The van der Waals surface area contributed by atoms with Crippen LogP contribution in [0.15, 0.2) is 126 Å². The molecule has 0 aromatic heterocycles. The molecule has 5 aliphatic rings. The van der Waals surface area contributed by atoms with Crippen molar-refractivity contribution in [1.29, 1.82) is 0 Å². The monoisotopic (exact) mass is 676 g/mol. The number of rotatable bonds is 6. The molecule has 0 heterocycles. The van der Waals surface area contributed by atoms with Crippen molar-refractivity contribution in [2.75, 3.05) is 14.2 Å². The summed E-state index contributed by atoms with van der Waals surface area (Å²) in [7, 11) is 3.54. The summed E-state index contributed by atoms with van der Waals surface area (Å²) in [6, 6.07) is 27.5. The molecule has 0 spiro atoms. The van der Waals surface area contributed by atoms with E-state index in [0.29, 0.717) is 5.92 Å². The second-order valence-corrected chi connectivity index (χ2v) is 17.8. The fourth-order valence-corrected chi connectivity index (χ4v) is 12.5. The van der Waals surface area contributed by atoms with E-state index >= 15 is 0 Å². The van der Waals surface area contributed by atoms with Gasteiger partial charge in [-0.15, -0.1) is 0 Å². The van der Waals surface area contributed by atoms with E-state index in [4.69, 9.17) is 9.47 Å². The van der Waals surface area contributed by atoms with Crippen LogP contribution in [-0.4, -0.2) is 14.2 Å². The molecule has 0 N–H and O–H groups in total. The number of hydrogen-bond acceptors (Lipinski definition) is 2. The zero-order valence-corrected chi connectivity index (χ0v) is 32.5. The van der Waals surface area contributed by atoms with E-state index in [0.717, 1.165) is 24.3 Å². The van der Waals surface area contributed by atoms with E-state index in [1.165, 1.54) is 34.2 Å². The summed E-state index contributed by atoms with van der Waals surface area (Å²) in [6.07, 6.45) is 17.7. The first-order valence-electron chi connectivity index (χ1n) is 19.1. The third kappa shape index (κ3) is 3.95. The van der Waals surface area contributed by atoms with Crippen molar-refractivity contribution in [3.8, 4) is 11.5 Å². The predicted octanol–water partition coefficient (Wildman–Crippen LogP) is 12.1. The lowest BCUT2D eigenvalue weighted by Crippen LogP contribution is -2.73. The molecule has 3 aromatic rings. The Balaban J connectivity index is 1.61. The molecule has 0 amide bonds. The van der Waals surface area contributed by atoms with Gasteiger partial charge in [-0.3, -0.25) is 0 Å². The summed E-state index contributed by atoms with van der Waals surface area (Å²) in [5, 5.41) is 0. The summed E-state index contributed by atoms with van der Waals surface area (Å²) in [6.45, 7) is 21.1. The summed E-state index contributed by atoms with van der Waals surface area (Å²) in [4.78, 5) is 0. The average molecular weight is 677 g/mol. The van der Waals surface area contributed by atoms with Gasteiger partial charge in [-0.25, -0.2) is 0 Å². The van der Waals surface area contributed by atoms with Gasteiger partial charge < -0.3 is 9.47 Å². The fourth-order valence-electron chi connectivity index (χ4n) is 12.5. The molecule has 2 nitrogen and oxygen atoms in total. The number of ether oxygens (including phenoxy) is 2. The van der Waals surface area contributed by atoms with Crippen LogP contribution in [0.1, 0.15) is 90.5 Å². The van der Waals surface area contributed by atoms with Crippen LogP contribution in [0.2, 0.25) is 0 Å². The average Bonchev–Trinajstić information content (AvgIpc) is 3.81. The van der Waals surface area contributed by atoms with Gasteiger partial charge in [-0.05, 0) is 105 Å². The number of hydrogen-bond donors (Lipinski definition) is 0. The molecule has 0 radical (unpaired) electrons. The summed E-state index contributed by atoms with van der Waals surface area (Å²) in [5.74, 6) is 2.29. The van der Waals surface area contributed by atoms with Crippen LogP contribution < -0.4 is 9.47 Å². The van der Waals surface area contributed by atoms with Gasteiger partial charge in [0.1, 0.15) is 11.5 Å². The van der Waals surface area contributed by atoms with Gasteiger partial charge in [-0.1, -0.05) is 146 Å². The van der Waals surface area contributed by atoms with Crippen molar-refractivity contribution in [3.05, 3.63) is 148 Å². The zero-order chi connectivity index (χ0) is 36.2. The number of allylic oxidation sites excluding steroid dienone is 10. The third-order valence-electron chi connectivity index (χ3n) is 16.4. The van der Waals surface area contributed by atoms with Gasteiger partial charge in [0.25, 0.3) is 0 Å². The minimum atomic E-state index is -0.488. The van der Waals surface area contributed by atoms with Crippen LogP contribution in [0, 0.1) is 38.9 Å². The van der Waals surface area contributed by atoms with E-state index < -0.39 is 5.41 Å². The first-order chi connectivity index (χ1) is 24.2. The fraction of sp³-hybridized carbons (Fsp3) is 0.429. The minimum absolute atomic E-state index is 0.0420. The van der Waals surface area contributed by atoms with Gasteiger partial charge in [0.05, 0.1) is 14.2 Å². The molecule has 3 unspecified atom stereocenters. The quantitative estimate of drug-likeness (QED) is 0.259. The first kappa shape index (κ1) is 34.1. The maximum Gasteiger partial charge on any atom is 0.118 e. The van der Waals surface area contributed by atoms with Crippen molar-refractivity contribution in [2.45, 2.75) is 80.1 Å². The highest BCUT2D eigenvalue weighted by molar-refractivity contribution is 5.92. The topological polar surface area (TPSA) is 18.5 Å². The van der Waals surface area contributed by atoms with Crippen LogP contribution in [-0.2, 0) is 11.8 Å². The second-order valence-electron chi connectivity index (χ2n) is 17.8. The van der Waals surface area contributed by atoms with Crippen LogP contribution in [0.3, 0.4) is 0 Å². The molecule has 1 fully saturated rings. The van der Waals surface area contributed by atoms with Gasteiger partial charge in [-0.2, -0.15) is 0 Å². The lowest BCUT2D eigenvalue weighted by Gasteiger charge is -2.78. The molecule has 0 aliphatic heterocycles. The lowest BCUT2D eigenvalue weighted by atomic mass is 9.25. The Hall–Kier alpha value is -4.04. The molecule has 2 heteroatoms. The molecule has 0 bridgehead atoms. The Bertz CT molecular complexity index is 1980. The van der Waals surface area contributed by atoms with Crippen LogP contribution >= 0.6 is 0 Å². The zero-order valence-electron chi connectivity index (χ0n) is 32.5. The summed E-state index contributed by atoms with van der Waals surface area (Å²) >= 11 is 0. The van der Waals surface area contributed by atoms with Crippen LogP contribution in [0.4, 0.5) is 0 Å². The van der Waals surface area contributed by atoms with E-state index in [1.54, 1.807) is 30.9 Å². The molecule has 0 saturated heterocycles. The largest absolute Gasteiger partial charge is 0.497 e. The Morgan fingerprint density at radius 1 is 0.667 bits per heavy atom. The van der Waals surface area contributed by atoms with Gasteiger partial charge in [0.2, 0.25) is 0 Å². The molecule has 3 atom stereocenters. The van der Waals surface area contributed by atoms with Gasteiger partial charge >= 0.3 is 0 Å². The van der Waals surface area contributed by atoms with E-state index in [-0.39, 0.29) is 33.0 Å². The normalized spacial score (nSPS) is 28.3. The number of benzene rings is 3. The molecule has 8 rings (SSSR count). The SMILES string of the molecule is COc1ccc(C(c2ccc(OC)cc2)(C2C=CC=C2)C2(C)C3=C4Cc5ccccc5C4=C4C=CCCC4C3(C)C(C)(C)C(C)(C)C2(C)C)cc1. The van der Waals surface area contributed by atoms with Crippen molar-refractivity contribution in [1.82, 2.24) is 0 Å². The molecule has 5 aliphatic carbocycles. The van der Waals surface area contributed by atoms with Crippen molar-refractivity contribution < 1.29 is 9.47 Å². The van der Waals surface area contributed by atoms with E-state index in [2.05, 4.69) is 165 Å². The highest BCUT2D eigenvalue weighted by Gasteiger charge is 2.77. The van der Waals surface area contributed by atoms with Crippen molar-refractivity contribution in [3.63, 3.8) is 0 Å². The standard InChI is InChI=1S/C49H56O2/c1-44(2)45(3,4)47(7)41-22-16-15-21-39(41)42-38-20-14-11-17-32(38)31-40(42)43(47)48(8,46(44,5)6)49(33-18-12-13-19-33,34-23-27-36(50-9)28-24-34)35-25-29-37(51-10)30-26-35/h11-15,17-21,23-30,33,41H,16,22,31H2,1-10H3. The second kappa shape index (κ2) is 11.2. The summed E-state index contributed by atoms with van der Waals surface area (Å²) in [5.41, 5.74) is 10.6. The Labute approximate surface area is 307 Å². The number of fused-ring (bicyclic) bond motifs is 6. The first-order valence-corrected chi connectivity index (χ1v) is 19.1. The molecule has 264 valence electrons. The highest BCUT2D eigenvalue weighted by Crippen LogP contribution is 2.83. The highest BCUT2D eigenvalue weighted by atomic mass is 16.5. The lowest BCUT2D eigenvalue weighted by molar-refractivity contribution is -0.212. The Kier molecular flexibility index (Phi) is 7.50.